The fourth-order valence-corrected chi connectivity index (χ4v) is 2.57. The summed E-state index contributed by atoms with van der Waals surface area (Å²) in [6.07, 6.45) is 5.11. The summed E-state index contributed by atoms with van der Waals surface area (Å²) >= 11 is 0. The number of benzene rings is 1. The first-order chi connectivity index (χ1) is 10.1. The van der Waals surface area contributed by atoms with Crippen molar-refractivity contribution < 1.29 is 0 Å². The summed E-state index contributed by atoms with van der Waals surface area (Å²) in [7, 11) is 6.15. The Morgan fingerprint density at radius 1 is 1.29 bits per heavy atom. The van der Waals surface area contributed by atoms with Gasteiger partial charge in [-0.05, 0) is 39.5 Å². The van der Waals surface area contributed by atoms with Crippen LogP contribution in [-0.2, 0) is 13.6 Å². The zero-order chi connectivity index (χ0) is 15.2. The Labute approximate surface area is 127 Å². The minimum atomic E-state index is 0.405. The number of hydrogen-bond donors (Lipinski definition) is 1. The lowest BCUT2D eigenvalue weighted by molar-refractivity contribution is 0.304. The molecule has 4 heteroatoms. The van der Waals surface area contributed by atoms with Crippen LogP contribution in [0.25, 0.3) is 0 Å². The summed E-state index contributed by atoms with van der Waals surface area (Å²) in [6, 6.07) is 9.20. The van der Waals surface area contributed by atoms with E-state index in [0.29, 0.717) is 6.04 Å². The van der Waals surface area contributed by atoms with Gasteiger partial charge in [-0.15, -0.1) is 0 Å². The average Bonchev–Trinajstić information content (AvgIpc) is 2.86. The maximum atomic E-state index is 4.21. The fraction of sp³-hybridized carbons (Fsp3) is 0.471. The topological polar surface area (TPSA) is 33.1 Å². The standard InChI is InChI=1S/C17H26N4/c1-14-5-7-16(8-6-14)17(18-2)9-10-20(3)12-15-11-19-21(4)13-15/h5-8,11,13,17-18H,9-10,12H2,1-4H3. The Bertz CT molecular complexity index is 544. The van der Waals surface area contributed by atoms with Crippen molar-refractivity contribution in [2.75, 3.05) is 20.6 Å². The van der Waals surface area contributed by atoms with Gasteiger partial charge >= 0.3 is 0 Å². The van der Waals surface area contributed by atoms with E-state index >= 15 is 0 Å². The molecule has 1 N–H and O–H groups in total. The molecule has 1 unspecified atom stereocenters. The largest absolute Gasteiger partial charge is 0.313 e. The highest BCUT2D eigenvalue weighted by molar-refractivity contribution is 5.24. The molecule has 114 valence electrons. The van der Waals surface area contributed by atoms with Crippen LogP contribution in [0.2, 0.25) is 0 Å². The minimum absolute atomic E-state index is 0.405. The lowest BCUT2D eigenvalue weighted by Gasteiger charge is -2.21. The summed E-state index contributed by atoms with van der Waals surface area (Å²) in [5, 5.41) is 7.63. The number of rotatable bonds is 7. The van der Waals surface area contributed by atoms with Crippen molar-refractivity contribution in [3.8, 4) is 0 Å². The third-order valence-corrected chi connectivity index (χ3v) is 3.84. The molecule has 1 heterocycles. The molecule has 0 bridgehead atoms. The van der Waals surface area contributed by atoms with Gasteiger partial charge in [-0.1, -0.05) is 29.8 Å². The van der Waals surface area contributed by atoms with Gasteiger partial charge in [0.25, 0.3) is 0 Å². The number of aromatic nitrogens is 2. The lowest BCUT2D eigenvalue weighted by atomic mass is 10.0. The highest BCUT2D eigenvalue weighted by Gasteiger charge is 2.10. The minimum Gasteiger partial charge on any atom is -0.313 e. The van der Waals surface area contributed by atoms with Crippen LogP contribution >= 0.6 is 0 Å². The van der Waals surface area contributed by atoms with E-state index in [1.165, 1.54) is 16.7 Å². The molecule has 1 atom stereocenters. The van der Waals surface area contributed by atoms with Crippen LogP contribution in [-0.4, -0.2) is 35.3 Å². The van der Waals surface area contributed by atoms with Crippen molar-refractivity contribution >= 4 is 0 Å². The van der Waals surface area contributed by atoms with E-state index in [-0.39, 0.29) is 0 Å². The highest BCUT2D eigenvalue weighted by atomic mass is 15.2. The molecular weight excluding hydrogens is 260 g/mol. The van der Waals surface area contributed by atoms with E-state index in [1.807, 2.05) is 25.0 Å². The van der Waals surface area contributed by atoms with E-state index in [1.54, 1.807) is 0 Å². The van der Waals surface area contributed by atoms with Gasteiger partial charge in [-0.2, -0.15) is 5.10 Å². The molecular formula is C17H26N4. The van der Waals surface area contributed by atoms with Crippen molar-refractivity contribution in [3.05, 3.63) is 53.3 Å². The Hall–Kier alpha value is -1.65. The summed E-state index contributed by atoms with van der Waals surface area (Å²) in [5.74, 6) is 0. The zero-order valence-electron chi connectivity index (χ0n) is 13.5. The van der Waals surface area contributed by atoms with E-state index in [4.69, 9.17) is 0 Å². The normalized spacial score (nSPS) is 12.8. The van der Waals surface area contributed by atoms with Gasteiger partial charge in [0.2, 0.25) is 0 Å². The molecule has 0 amide bonds. The van der Waals surface area contributed by atoms with Gasteiger partial charge in [0.1, 0.15) is 0 Å². The van der Waals surface area contributed by atoms with Gasteiger partial charge in [0, 0.05) is 31.4 Å². The summed E-state index contributed by atoms with van der Waals surface area (Å²) in [4.78, 5) is 2.34. The molecule has 0 aliphatic heterocycles. The van der Waals surface area contributed by atoms with Crippen LogP contribution in [0.1, 0.15) is 29.2 Å². The number of aryl methyl sites for hydroxylation is 2. The number of hydrogen-bond acceptors (Lipinski definition) is 3. The first-order valence-electron chi connectivity index (χ1n) is 7.48. The second-order valence-electron chi connectivity index (χ2n) is 5.80. The van der Waals surface area contributed by atoms with Gasteiger partial charge in [0.15, 0.2) is 0 Å². The Morgan fingerprint density at radius 2 is 2.00 bits per heavy atom. The molecule has 2 rings (SSSR count). The molecule has 21 heavy (non-hydrogen) atoms. The first kappa shape index (κ1) is 15.7. The third kappa shape index (κ3) is 4.69. The zero-order valence-corrected chi connectivity index (χ0v) is 13.5. The Balaban J connectivity index is 1.86. The molecule has 0 saturated carbocycles. The van der Waals surface area contributed by atoms with E-state index in [2.05, 4.69) is 59.7 Å². The van der Waals surface area contributed by atoms with Gasteiger partial charge in [-0.25, -0.2) is 0 Å². The number of nitrogens with zero attached hydrogens (tertiary/aromatic N) is 3. The quantitative estimate of drug-likeness (QED) is 0.849. The van der Waals surface area contributed by atoms with Crippen LogP contribution in [0, 0.1) is 6.92 Å². The fourth-order valence-electron chi connectivity index (χ4n) is 2.57. The van der Waals surface area contributed by atoms with Crippen molar-refractivity contribution in [3.63, 3.8) is 0 Å². The average molecular weight is 286 g/mol. The maximum Gasteiger partial charge on any atom is 0.0534 e. The Kier molecular flexibility index (Phi) is 5.53. The van der Waals surface area contributed by atoms with E-state index in [9.17, 15) is 0 Å². The molecule has 0 spiro atoms. The van der Waals surface area contributed by atoms with Crippen LogP contribution in [0.4, 0.5) is 0 Å². The SMILES string of the molecule is CNC(CCN(C)Cc1cnn(C)c1)c1ccc(C)cc1. The lowest BCUT2D eigenvalue weighted by Crippen LogP contribution is -2.25. The summed E-state index contributed by atoms with van der Waals surface area (Å²) < 4.78 is 1.85. The molecule has 2 aromatic rings. The van der Waals surface area contributed by atoms with Crippen molar-refractivity contribution in [1.29, 1.82) is 0 Å². The van der Waals surface area contributed by atoms with Crippen LogP contribution < -0.4 is 5.32 Å². The molecule has 0 fully saturated rings. The first-order valence-corrected chi connectivity index (χ1v) is 7.48. The van der Waals surface area contributed by atoms with Crippen LogP contribution in [0.5, 0.6) is 0 Å². The summed E-state index contributed by atoms with van der Waals surface area (Å²) in [6.45, 7) is 4.12. The third-order valence-electron chi connectivity index (χ3n) is 3.84. The molecule has 1 aromatic heterocycles. The predicted molar refractivity (Wildman–Crippen MR) is 87.1 cm³/mol. The van der Waals surface area contributed by atoms with Crippen LogP contribution in [0.3, 0.4) is 0 Å². The molecule has 0 aliphatic carbocycles. The highest BCUT2D eigenvalue weighted by Crippen LogP contribution is 2.17. The Morgan fingerprint density at radius 3 is 2.57 bits per heavy atom. The van der Waals surface area contributed by atoms with Gasteiger partial charge in [-0.3, -0.25) is 4.68 Å². The van der Waals surface area contributed by atoms with Crippen molar-refractivity contribution in [2.24, 2.45) is 7.05 Å². The second kappa shape index (κ2) is 7.38. The predicted octanol–water partition coefficient (Wildman–Crippen LogP) is 2.51. The van der Waals surface area contributed by atoms with Gasteiger partial charge < -0.3 is 10.2 Å². The second-order valence-corrected chi connectivity index (χ2v) is 5.80. The molecule has 1 aromatic carbocycles. The monoisotopic (exact) mass is 286 g/mol. The van der Waals surface area contributed by atoms with Crippen LogP contribution in [0.15, 0.2) is 36.7 Å². The molecule has 4 nitrogen and oxygen atoms in total. The van der Waals surface area contributed by atoms with E-state index < -0.39 is 0 Å². The molecule has 0 aliphatic rings. The van der Waals surface area contributed by atoms with Crippen molar-refractivity contribution in [2.45, 2.75) is 25.9 Å². The smallest absolute Gasteiger partial charge is 0.0534 e. The summed E-state index contributed by atoms with van der Waals surface area (Å²) in [5.41, 5.74) is 3.93. The molecule has 0 radical (unpaired) electrons. The maximum absolute atomic E-state index is 4.21. The van der Waals surface area contributed by atoms with Crippen molar-refractivity contribution in [1.82, 2.24) is 20.0 Å². The number of nitrogens with one attached hydrogen (secondary N) is 1. The van der Waals surface area contributed by atoms with E-state index in [0.717, 1.165) is 19.5 Å². The van der Waals surface area contributed by atoms with Gasteiger partial charge in [0.05, 0.1) is 6.20 Å². The molecule has 0 saturated heterocycles.